The van der Waals surface area contributed by atoms with Crippen LogP contribution in [-0.4, -0.2) is 24.4 Å². The largest absolute Gasteiger partial charge is 0.465 e. The van der Waals surface area contributed by atoms with Crippen LogP contribution in [0.2, 0.25) is 0 Å². The molecular formula is C12H13F3O3. The fourth-order valence-corrected chi connectivity index (χ4v) is 1.54. The maximum atomic E-state index is 12.1. The molecule has 0 saturated heterocycles. The van der Waals surface area contributed by atoms with Crippen molar-refractivity contribution in [1.29, 1.82) is 0 Å². The Kier molecular flexibility index (Phi) is 4.72. The molecule has 1 N–H and O–H groups in total. The number of ether oxygens (including phenoxy) is 1. The molecule has 0 aliphatic heterocycles. The van der Waals surface area contributed by atoms with Gasteiger partial charge < -0.3 is 9.84 Å². The fraction of sp³-hybridized carbons (Fsp3) is 0.417. The molecule has 100 valence electrons. The van der Waals surface area contributed by atoms with Gasteiger partial charge in [0.05, 0.1) is 18.8 Å². The molecule has 0 spiro atoms. The number of methoxy groups -OCH3 is 1. The molecule has 0 amide bonds. The van der Waals surface area contributed by atoms with Crippen molar-refractivity contribution in [3.8, 4) is 0 Å². The summed E-state index contributed by atoms with van der Waals surface area (Å²) in [7, 11) is 1.17. The zero-order chi connectivity index (χ0) is 13.8. The maximum Gasteiger partial charge on any atom is 0.389 e. The monoisotopic (exact) mass is 262 g/mol. The standard InChI is InChI=1S/C12H13F3O3/c1-18-11(17)9-5-3-2-4-8(9)10(16)6-7-12(13,14)15/h2-5,10,16H,6-7H2,1H3. The molecule has 0 aliphatic rings. The SMILES string of the molecule is COC(=O)c1ccccc1C(O)CCC(F)(F)F. The Balaban J connectivity index is 2.85. The summed E-state index contributed by atoms with van der Waals surface area (Å²) in [5.74, 6) is -0.684. The van der Waals surface area contributed by atoms with Crippen LogP contribution in [0.3, 0.4) is 0 Å². The summed E-state index contributed by atoms with van der Waals surface area (Å²) in [5.41, 5.74) is 0.225. The Bertz CT molecular complexity index is 415. The smallest absolute Gasteiger partial charge is 0.389 e. The van der Waals surface area contributed by atoms with Crippen LogP contribution in [0.15, 0.2) is 24.3 Å². The first-order chi connectivity index (χ1) is 8.35. The Morgan fingerprint density at radius 1 is 1.39 bits per heavy atom. The molecule has 0 bridgehead atoms. The molecule has 1 aromatic rings. The number of halogens is 3. The Morgan fingerprint density at radius 3 is 2.56 bits per heavy atom. The van der Waals surface area contributed by atoms with E-state index in [4.69, 9.17) is 0 Å². The highest BCUT2D eigenvalue weighted by Gasteiger charge is 2.29. The summed E-state index contributed by atoms with van der Waals surface area (Å²) < 4.78 is 40.7. The van der Waals surface area contributed by atoms with Crippen LogP contribution in [-0.2, 0) is 4.74 Å². The molecule has 1 rings (SSSR count). The highest BCUT2D eigenvalue weighted by Crippen LogP contribution is 2.29. The van der Waals surface area contributed by atoms with Crippen molar-refractivity contribution in [3.05, 3.63) is 35.4 Å². The lowest BCUT2D eigenvalue weighted by Crippen LogP contribution is -2.13. The number of hydrogen-bond acceptors (Lipinski definition) is 3. The van der Waals surface area contributed by atoms with Crippen molar-refractivity contribution >= 4 is 5.97 Å². The van der Waals surface area contributed by atoms with Crippen LogP contribution in [0.4, 0.5) is 13.2 Å². The van der Waals surface area contributed by atoms with E-state index in [9.17, 15) is 23.1 Å². The summed E-state index contributed by atoms with van der Waals surface area (Å²) in [6.45, 7) is 0. The van der Waals surface area contributed by atoms with Crippen LogP contribution >= 0.6 is 0 Å². The number of carbonyl (C=O) groups is 1. The minimum Gasteiger partial charge on any atom is -0.465 e. The number of alkyl halides is 3. The first kappa shape index (κ1) is 14.5. The van der Waals surface area contributed by atoms with Gasteiger partial charge in [-0.1, -0.05) is 18.2 Å². The lowest BCUT2D eigenvalue weighted by atomic mass is 9.99. The molecule has 0 heterocycles. The van der Waals surface area contributed by atoms with Crippen molar-refractivity contribution in [2.75, 3.05) is 7.11 Å². The third-order valence-electron chi connectivity index (χ3n) is 2.43. The number of aliphatic hydroxyl groups excluding tert-OH is 1. The lowest BCUT2D eigenvalue weighted by Gasteiger charge is -2.15. The van der Waals surface area contributed by atoms with E-state index >= 15 is 0 Å². The highest BCUT2D eigenvalue weighted by molar-refractivity contribution is 5.91. The molecule has 0 aromatic heterocycles. The van der Waals surface area contributed by atoms with E-state index in [-0.39, 0.29) is 11.1 Å². The summed E-state index contributed by atoms with van der Waals surface area (Å²) in [6.07, 6.45) is -7.27. The zero-order valence-electron chi connectivity index (χ0n) is 9.70. The average Bonchev–Trinajstić information content (AvgIpc) is 2.34. The van der Waals surface area contributed by atoms with E-state index in [1.807, 2.05) is 0 Å². The Hall–Kier alpha value is -1.56. The lowest BCUT2D eigenvalue weighted by molar-refractivity contribution is -0.140. The van der Waals surface area contributed by atoms with Gasteiger partial charge in [0.2, 0.25) is 0 Å². The summed E-state index contributed by atoms with van der Waals surface area (Å²) >= 11 is 0. The van der Waals surface area contributed by atoms with Crippen molar-refractivity contribution in [1.82, 2.24) is 0 Å². The minimum atomic E-state index is -4.33. The first-order valence-corrected chi connectivity index (χ1v) is 5.27. The van der Waals surface area contributed by atoms with Crippen molar-refractivity contribution in [2.24, 2.45) is 0 Å². The normalized spacial score (nSPS) is 13.2. The van der Waals surface area contributed by atoms with Crippen LogP contribution in [0.5, 0.6) is 0 Å². The third-order valence-corrected chi connectivity index (χ3v) is 2.43. The predicted molar refractivity (Wildman–Crippen MR) is 58.0 cm³/mol. The van der Waals surface area contributed by atoms with Crippen molar-refractivity contribution in [3.63, 3.8) is 0 Å². The Morgan fingerprint density at radius 2 is 2.00 bits per heavy atom. The van der Waals surface area contributed by atoms with Crippen LogP contribution in [0.1, 0.15) is 34.9 Å². The molecule has 18 heavy (non-hydrogen) atoms. The van der Waals surface area contributed by atoms with Crippen molar-refractivity contribution in [2.45, 2.75) is 25.1 Å². The summed E-state index contributed by atoms with van der Waals surface area (Å²) in [6, 6.07) is 5.90. The van der Waals surface area contributed by atoms with Gasteiger partial charge in [0.15, 0.2) is 0 Å². The van der Waals surface area contributed by atoms with E-state index in [2.05, 4.69) is 4.74 Å². The molecular weight excluding hydrogens is 249 g/mol. The van der Waals surface area contributed by atoms with Gasteiger partial charge in [-0.3, -0.25) is 0 Å². The van der Waals surface area contributed by atoms with Gasteiger partial charge in [-0.2, -0.15) is 13.2 Å². The van der Waals surface area contributed by atoms with Gasteiger partial charge in [-0.25, -0.2) is 4.79 Å². The number of benzene rings is 1. The number of aliphatic hydroxyl groups is 1. The Labute approximate surface area is 102 Å². The fourth-order valence-electron chi connectivity index (χ4n) is 1.54. The second-order valence-corrected chi connectivity index (χ2v) is 3.75. The topological polar surface area (TPSA) is 46.5 Å². The molecule has 1 unspecified atom stereocenters. The number of esters is 1. The number of carbonyl (C=O) groups excluding carboxylic acids is 1. The summed E-state index contributed by atoms with van der Waals surface area (Å²) in [5, 5.41) is 9.70. The van der Waals surface area contributed by atoms with Crippen LogP contribution in [0.25, 0.3) is 0 Å². The molecule has 0 fully saturated rings. The third kappa shape index (κ3) is 4.03. The minimum absolute atomic E-state index is 0.0784. The van der Waals surface area contributed by atoms with Crippen LogP contribution < -0.4 is 0 Å². The molecule has 3 nitrogen and oxygen atoms in total. The highest BCUT2D eigenvalue weighted by atomic mass is 19.4. The summed E-state index contributed by atoms with van der Waals surface area (Å²) in [4.78, 5) is 11.4. The van der Waals surface area contributed by atoms with Crippen LogP contribution in [0, 0.1) is 0 Å². The molecule has 0 radical (unpaired) electrons. The van der Waals surface area contributed by atoms with E-state index in [0.29, 0.717) is 0 Å². The molecule has 1 atom stereocenters. The van der Waals surface area contributed by atoms with E-state index < -0.39 is 31.1 Å². The van der Waals surface area contributed by atoms with Gasteiger partial charge in [0.1, 0.15) is 0 Å². The van der Waals surface area contributed by atoms with E-state index in [1.54, 1.807) is 12.1 Å². The molecule has 0 saturated carbocycles. The van der Waals surface area contributed by atoms with Gasteiger partial charge in [0, 0.05) is 6.42 Å². The number of rotatable bonds is 4. The first-order valence-electron chi connectivity index (χ1n) is 5.27. The number of hydrogen-bond donors (Lipinski definition) is 1. The van der Waals surface area contributed by atoms with Gasteiger partial charge in [-0.05, 0) is 18.1 Å². The van der Waals surface area contributed by atoms with E-state index in [0.717, 1.165) is 0 Å². The van der Waals surface area contributed by atoms with Gasteiger partial charge in [-0.15, -0.1) is 0 Å². The second-order valence-electron chi connectivity index (χ2n) is 3.75. The maximum absolute atomic E-state index is 12.1. The zero-order valence-corrected chi connectivity index (χ0v) is 9.70. The van der Waals surface area contributed by atoms with Gasteiger partial charge >= 0.3 is 12.1 Å². The quantitative estimate of drug-likeness (QED) is 0.849. The molecule has 1 aromatic carbocycles. The second kappa shape index (κ2) is 5.86. The van der Waals surface area contributed by atoms with Gasteiger partial charge in [0.25, 0.3) is 0 Å². The average molecular weight is 262 g/mol. The van der Waals surface area contributed by atoms with E-state index in [1.165, 1.54) is 19.2 Å². The molecule has 6 heteroatoms. The van der Waals surface area contributed by atoms with Crippen molar-refractivity contribution < 1.29 is 27.8 Å². The molecule has 0 aliphatic carbocycles. The predicted octanol–water partition coefficient (Wildman–Crippen LogP) is 2.85.